The van der Waals surface area contributed by atoms with Crippen LogP contribution < -0.4 is 0 Å². The molecule has 0 aliphatic heterocycles. The van der Waals surface area contributed by atoms with Gasteiger partial charge in [-0.05, 0) is 55.2 Å². The summed E-state index contributed by atoms with van der Waals surface area (Å²) in [4.78, 5) is 0. The van der Waals surface area contributed by atoms with Crippen molar-refractivity contribution in [3.63, 3.8) is 0 Å². The van der Waals surface area contributed by atoms with E-state index in [-0.39, 0.29) is 5.60 Å². The number of halogens is 1. The molecule has 0 aromatic heterocycles. The van der Waals surface area contributed by atoms with Crippen molar-refractivity contribution < 1.29 is 5.11 Å². The van der Waals surface area contributed by atoms with Crippen molar-refractivity contribution in [2.45, 2.75) is 37.2 Å². The van der Waals surface area contributed by atoms with Gasteiger partial charge in [0.05, 0.1) is 5.60 Å². The maximum Gasteiger partial charge on any atom is 0.0687 e. The third-order valence-electron chi connectivity index (χ3n) is 3.88. The van der Waals surface area contributed by atoms with Crippen molar-refractivity contribution in [3.05, 3.63) is 34.3 Å². The summed E-state index contributed by atoms with van der Waals surface area (Å²) in [6.07, 6.45) is 4.42. The lowest BCUT2D eigenvalue weighted by atomic mass is 9.65. The van der Waals surface area contributed by atoms with Crippen LogP contribution in [-0.4, -0.2) is 10.7 Å². The Morgan fingerprint density at radius 3 is 2.27 bits per heavy atom. The summed E-state index contributed by atoms with van der Waals surface area (Å²) in [5.41, 5.74) is 1.07. The van der Waals surface area contributed by atoms with Gasteiger partial charge in [-0.2, -0.15) is 0 Å². The number of rotatable bonds is 2. The molecule has 0 saturated heterocycles. The van der Waals surface area contributed by atoms with Crippen LogP contribution in [0, 0.1) is 5.92 Å². The second-order valence-electron chi connectivity index (χ2n) is 5.03. The molecule has 0 amide bonds. The monoisotopic (exact) mass is 266 g/mol. The molecule has 3 rings (SSSR count). The minimum Gasteiger partial charge on any atom is -0.390 e. The van der Waals surface area contributed by atoms with Gasteiger partial charge in [0.2, 0.25) is 0 Å². The van der Waals surface area contributed by atoms with E-state index >= 15 is 0 Å². The molecule has 2 heteroatoms. The predicted molar refractivity (Wildman–Crippen MR) is 63.8 cm³/mol. The van der Waals surface area contributed by atoms with Gasteiger partial charge in [-0.15, -0.1) is 0 Å². The van der Waals surface area contributed by atoms with E-state index in [9.17, 15) is 5.11 Å². The first-order chi connectivity index (χ1) is 7.17. The second kappa shape index (κ2) is 3.33. The molecule has 1 aromatic rings. The summed E-state index contributed by atoms with van der Waals surface area (Å²) in [7, 11) is 0. The lowest BCUT2D eigenvalue weighted by Crippen LogP contribution is -2.44. The normalized spacial score (nSPS) is 34.9. The van der Waals surface area contributed by atoms with Gasteiger partial charge in [0.15, 0.2) is 0 Å². The van der Waals surface area contributed by atoms with E-state index in [0.29, 0.717) is 11.8 Å². The molecule has 0 spiro atoms. The van der Waals surface area contributed by atoms with E-state index in [1.165, 1.54) is 18.4 Å². The lowest BCUT2D eigenvalue weighted by Gasteiger charge is -2.44. The molecule has 1 N–H and O–H groups in total. The molecule has 80 valence electrons. The van der Waals surface area contributed by atoms with Crippen molar-refractivity contribution in [1.29, 1.82) is 0 Å². The SMILES string of the molecule is OC1(C2CC2)CC(c2ccc(Br)cc2)C1. The number of aliphatic hydroxyl groups is 1. The van der Waals surface area contributed by atoms with Crippen LogP contribution in [0.2, 0.25) is 0 Å². The van der Waals surface area contributed by atoms with Crippen molar-refractivity contribution in [3.8, 4) is 0 Å². The summed E-state index contributed by atoms with van der Waals surface area (Å²) in [6, 6.07) is 8.51. The number of hydrogen-bond acceptors (Lipinski definition) is 1. The van der Waals surface area contributed by atoms with E-state index < -0.39 is 0 Å². The summed E-state index contributed by atoms with van der Waals surface area (Å²) in [5.74, 6) is 1.20. The van der Waals surface area contributed by atoms with Gasteiger partial charge < -0.3 is 5.11 Å². The zero-order valence-corrected chi connectivity index (χ0v) is 10.2. The maximum absolute atomic E-state index is 10.2. The molecule has 1 nitrogen and oxygen atoms in total. The Morgan fingerprint density at radius 2 is 1.73 bits per heavy atom. The fourth-order valence-electron chi connectivity index (χ4n) is 2.72. The number of benzene rings is 1. The predicted octanol–water partition coefficient (Wildman–Crippen LogP) is 3.47. The minimum absolute atomic E-state index is 0.308. The fraction of sp³-hybridized carbons (Fsp3) is 0.538. The van der Waals surface area contributed by atoms with Gasteiger partial charge in [-0.25, -0.2) is 0 Å². The average Bonchev–Trinajstić information content (AvgIpc) is 2.98. The molecule has 0 unspecified atom stereocenters. The molecule has 2 aliphatic carbocycles. The van der Waals surface area contributed by atoms with Crippen molar-refractivity contribution >= 4 is 15.9 Å². The van der Waals surface area contributed by atoms with Gasteiger partial charge in [0, 0.05) is 4.47 Å². The van der Waals surface area contributed by atoms with E-state index in [4.69, 9.17) is 0 Å². The van der Waals surface area contributed by atoms with Crippen LogP contribution in [0.25, 0.3) is 0 Å². The smallest absolute Gasteiger partial charge is 0.0687 e. The Kier molecular flexibility index (Phi) is 2.18. The molecule has 2 fully saturated rings. The van der Waals surface area contributed by atoms with Gasteiger partial charge in [0.1, 0.15) is 0 Å². The van der Waals surface area contributed by atoms with Gasteiger partial charge >= 0.3 is 0 Å². The van der Waals surface area contributed by atoms with E-state index in [2.05, 4.69) is 40.2 Å². The van der Waals surface area contributed by atoms with Gasteiger partial charge in [-0.1, -0.05) is 28.1 Å². The van der Waals surface area contributed by atoms with Gasteiger partial charge in [0.25, 0.3) is 0 Å². The molecule has 0 radical (unpaired) electrons. The standard InChI is InChI=1S/C13H15BrO/c14-12-5-1-9(2-6-12)10-7-13(15,8-10)11-3-4-11/h1-2,5-6,10-11,15H,3-4,7-8H2. The van der Waals surface area contributed by atoms with Crippen LogP contribution in [0.3, 0.4) is 0 Å². The summed E-state index contributed by atoms with van der Waals surface area (Å²) < 4.78 is 1.13. The molecule has 2 saturated carbocycles. The first-order valence-electron chi connectivity index (χ1n) is 5.65. The Bertz CT molecular complexity index is 361. The van der Waals surface area contributed by atoms with Crippen LogP contribution in [0.4, 0.5) is 0 Å². The van der Waals surface area contributed by atoms with Crippen molar-refractivity contribution in [2.75, 3.05) is 0 Å². The summed E-state index contributed by atoms with van der Waals surface area (Å²) >= 11 is 3.44. The maximum atomic E-state index is 10.2. The van der Waals surface area contributed by atoms with Crippen LogP contribution in [-0.2, 0) is 0 Å². The molecule has 15 heavy (non-hydrogen) atoms. The highest BCUT2D eigenvalue weighted by atomic mass is 79.9. The third kappa shape index (κ3) is 1.74. The fourth-order valence-corrected chi connectivity index (χ4v) is 2.98. The Balaban J connectivity index is 1.69. The first kappa shape index (κ1) is 9.86. The van der Waals surface area contributed by atoms with Crippen molar-refractivity contribution in [1.82, 2.24) is 0 Å². The third-order valence-corrected chi connectivity index (χ3v) is 4.41. The Labute approximate surface area is 98.6 Å². The lowest BCUT2D eigenvalue weighted by molar-refractivity contribution is -0.0679. The van der Waals surface area contributed by atoms with Crippen LogP contribution >= 0.6 is 15.9 Å². The summed E-state index contributed by atoms with van der Waals surface area (Å²) in [6.45, 7) is 0. The van der Waals surface area contributed by atoms with Crippen molar-refractivity contribution in [2.24, 2.45) is 5.92 Å². The van der Waals surface area contributed by atoms with Crippen LogP contribution in [0.15, 0.2) is 28.7 Å². The van der Waals surface area contributed by atoms with E-state index in [0.717, 1.165) is 17.3 Å². The van der Waals surface area contributed by atoms with Crippen LogP contribution in [0.1, 0.15) is 37.2 Å². The molecule has 0 heterocycles. The zero-order chi connectivity index (χ0) is 10.5. The highest BCUT2D eigenvalue weighted by molar-refractivity contribution is 9.10. The average molecular weight is 267 g/mol. The Hall–Kier alpha value is -0.340. The highest BCUT2D eigenvalue weighted by Gasteiger charge is 2.52. The quantitative estimate of drug-likeness (QED) is 0.869. The first-order valence-corrected chi connectivity index (χ1v) is 6.44. The molecular formula is C13H15BrO. The molecule has 0 atom stereocenters. The topological polar surface area (TPSA) is 20.2 Å². The minimum atomic E-state index is -0.308. The van der Waals surface area contributed by atoms with E-state index in [1.807, 2.05) is 0 Å². The second-order valence-corrected chi connectivity index (χ2v) is 5.95. The van der Waals surface area contributed by atoms with E-state index in [1.54, 1.807) is 0 Å². The highest BCUT2D eigenvalue weighted by Crippen LogP contribution is 2.55. The zero-order valence-electron chi connectivity index (χ0n) is 8.62. The summed E-state index contributed by atoms with van der Waals surface area (Å²) in [5, 5.41) is 10.2. The largest absolute Gasteiger partial charge is 0.390 e. The number of hydrogen-bond donors (Lipinski definition) is 1. The molecular weight excluding hydrogens is 252 g/mol. The van der Waals surface area contributed by atoms with Gasteiger partial charge in [-0.3, -0.25) is 0 Å². The molecule has 0 bridgehead atoms. The van der Waals surface area contributed by atoms with Crippen LogP contribution in [0.5, 0.6) is 0 Å². The Morgan fingerprint density at radius 1 is 1.13 bits per heavy atom. The molecule has 2 aliphatic rings. The molecule has 1 aromatic carbocycles.